The molecule has 0 spiro atoms. The van der Waals surface area contributed by atoms with Crippen molar-refractivity contribution in [3.63, 3.8) is 0 Å². The summed E-state index contributed by atoms with van der Waals surface area (Å²) >= 11 is 1.37. The molecule has 4 rings (SSSR count). The van der Waals surface area contributed by atoms with Crippen LogP contribution in [0.25, 0.3) is 10.6 Å². The number of nitrogens with zero attached hydrogens (tertiary/aromatic N) is 4. The van der Waals surface area contributed by atoms with Gasteiger partial charge in [0.1, 0.15) is 10.7 Å². The summed E-state index contributed by atoms with van der Waals surface area (Å²) < 4.78 is 1.68. The van der Waals surface area contributed by atoms with E-state index in [-0.39, 0.29) is 11.8 Å². The van der Waals surface area contributed by atoms with Crippen LogP contribution in [0.3, 0.4) is 0 Å². The van der Waals surface area contributed by atoms with E-state index in [9.17, 15) is 9.59 Å². The molecule has 0 aliphatic rings. The zero-order valence-corrected chi connectivity index (χ0v) is 16.9. The van der Waals surface area contributed by atoms with E-state index in [1.807, 2.05) is 31.4 Å². The molecule has 0 saturated heterocycles. The van der Waals surface area contributed by atoms with E-state index in [0.717, 1.165) is 16.3 Å². The molecule has 0 unspecified atom stereocenters. The number of thiazole rings is 1. The van der Waals surface area contributed by atoms with Crippen molar-refractivity contribution in [1.82, 2.24) is 25.1 Å². The van der Waals surface area contributed by atoms with Crippen molar-refractivity contribution >= 4 is 28.8 Å². The molecule has 0 aliphatic heterocycles. The molecule has 0 radical (unpaired) electrons. The van der Waals surface area contributed by atoms with E-state index < -0.39 is 0 Å². The smallest absolute Gasteiger partial charge is 0.275 e. The van der Waals surface area contributed by atoms with Crippen molar-refractivity contribution in [1.29, 1.82) is 0 Å². The summed E-state index contributed by atoms with van der Waals surface area (Å²) in [4.78, 5) is 33.5. The quantitative estimate of drug-likeness (QED) is 0.501. The lowest BCUT2D eigenvalue weighted by Crippen LogP contribution is -2.23. The number of nitrogens with one attached hydrogen (secondary N) is 2. The number of aryl methyl sites for hydroxylation is 1. The third kappa shape index (κ3) is 4.58. The highest BCUT2D eigenvalue weighted by molar-refractivity contribution is 7.13. The molecule has 4 aromatic rings. The third-order valence-corrected chi connectivity index (χ3v) is 5.12. The first-order valence-electron chi connectivity index (χ1n) is 9.12. The molecule has 0 fully saturated rings. The number of hydrogen-bond acceptors (Lipinski definition) is 6. The number of benzene rings is 1. The summed E-state index contributed by atoms with van der Waals surface area (Å²) in [5.41, 5.74) is 2.89. The second-order valence-electron chi connectivity index (χ2n) is 6.48. The predicted molar refractivity (Wildman–Crippen MR) is 114 cm³/mol. The molecule has 0 bridgehead atoms. The Morgan fingerprint density at radius 2 is 2.03 bits per heavy atom. The maximum absolute atomic E-state index is 12.6. The summed E-state index contributed by atoms with van der Waals surface area (Å²) in [5, 5.41) is 12.1. The number of hydrogen-bond donors (Lipinski definition) is 2. The number of aromatic nitrogens is 4. The first kappa shape index (κ1) is 19.5. The first-order valence-corrected chi connectivity index (χ1v) is 10.0. The van der Waals surface area contributed by atoms with Crippen LogP contribution in [0.5, 0.6) is 0 Å². The Kier molecular flexibility index (Phi) is 5.62. The molecular weight excluding hydrogens is 400 g/mol. The highest BCUT2D eigenvalue weighted by atomic mass is 32.1. The monoisotopic (exact) mass is 418 g/mol. The van der Waals surface area contributed by atoms with Gasteiger partial charge in [0.2, 0.25) is 0 Å². The summed E-state index contributed by atoms with van der Waals surface area (Å²) in [6.45, 7) is 0.326. The summed E-state index contributed by atoms with van der Waals surface area (Å²) in [6, 6.07) is 12.3. The molecule has 2 amide bonds. The van der Waals surface area contributed by atoms with Crippen LogP contribution in [-0.2, 0) is 13.6 Å². The van der Waals surface area contributed by atoms with E-state index in [1.165, 1.54) is 11.3 Å². The van der Waals surface area contributed by atoms with Gasteiger partial charge in [-0.15, -0.1) is 11.3 Å². The molecule has 150 valence electrons. The van der Waals surface area contributed by atoms with Crippen LogP contribution >= 0.6 is 11.3 Å². The van der Waals surface area contributed by atoms with Crippen LogP contribution in [-0.4, -0.2) is 31.6 Å². The Labute approximate surface area is 176 Å². The molecule has 30 heavy (non-hydrogen) atoms. The van der Waals surface area contributed by atoms with E-state index in [0.29, 0.717) is 23.5 Å². The SMILES string of the molecule is Cn1cc(-c2nc(C(=O)Nc3cccc(C(=O)NCc4ccccn4)c3)cs2)cn1. The molecule has 0 aliphatic carbocycles. The maximum atomic E-state index is 12.6. The van der Waals surface area contributed by atoms with Gasteiger partial charge in [0, 0.05) is 41.6 Å². The number of anilines is 1. The number of carbonyl (C=O) groups is 2. The third-order valence-electron chi connectivity index (χ3n) is 4.23. The second-order valence-corrected chi connectivity index (χ2v) is 7.34. The Balaban J connectivity index is 1.41. The zero-order valence-electron chi connectivity index (χ0n) is 16.1. The minimum absolute atomic E-state index is 0.246. The van der Waals surface area contributed by atoms with Crippen molar-refractivity contribution in [3.8, 4) is 10.6 Å². The fourth-order valence-corrected chi connectivity index (χ4v) is 3.53. The molecule has 2 N–H and O–H groups in total. The lowest BCUT2D eigenvalue weighted by molar-refractivity contribution is 0.0949. The number of rotatable bonds is 6. The van der Waals surface area contributed by atoms with Gasteiger partial charge in [-0.3, -0.25) is 19.3 Å². The maximum Gasteiger partial charge on any atom is 0.275 e. The molecule has 1 aromatic carbocycles. The van der Waals surface area contributed by atoms with Gasteiger partial charge in [-0.25, -0.2) is 4.98 Å². The Hall–Kier alpha value is -3.85. The normalized spacial score (nSPS) is 10.6. The first-order chi connectivity index (χ1) is 14.6. The number of carbonyl (C=O) groups excluding carboxylic acids is 2. The Morgan fingerprint density at radius 1 is 1.13 bits per heavy atom. The van der Waals surface area contributed by atoms with E-state index in [4.69, 9.17) is 0 Å². The van der Waals surface area contributed by atoms with Gasteiger partial charge in [0.25, 0.3) is 11.8 Å². The van der Waals surface area contributed by atoms with Crippen LogP contribution in [0.2, 0.25) is 0 Å². The number of amides is 2. The minimum atomic E-state index is -0.340. The largest absolute Gasteiger partial charge is 0.346 e. The molecule has 3 aromatic heterocycles. The van der Waals surface area contributed by atoms with Crippen molar-refractivity contribution in [3.05, 3.63) is 83.4 Å². The van der Waals surface area contributed by atoms with Crippen LogP contribution in [0, 0.1) is 0 Å². The van der Waals surface area contributed by atoms with Gasteiger partial charge >= 0.3 is 0 Å². The summed E-state index contributed by atoms with van der Waals surface area (Å²) in [6.07, 6.45) is 5.22. The van der Waals surface area contributed by atoms with E-state index >= 15 is 0 Å². The van der Waals surface area contributed by atoms with Gasteiger partial charge < -0.3 is 10.6 Å². The zero-order chi connectivity index (χ0) is 20.9. The van der Waals surface area contributed by atoms with Crippen LogP contribution in [0.15, 0.2) is 66.4 Å². The lowest BCUT2D eigenvalue weighted by atomic mass is 10.2. The molecule has 0 atom stereocenters. The number of pyridine rings is 1. The lowest BCUT2D eigenvalue weighted by Gasteiger charge is -2.07. The Bertz CT molecular complexity index is 1180. The fraction of sp³-hybridized carbons (Fsp3) is 0.0952. The average molecular weight is 418 g/mol. The molecule has 8 nitrogen and oxygen atoms in total. The molecule has 3 heterocycles. The van der Waals surface area contributed by atoms with Gasteiger partial charge in [0.05, 0.1) is 18.4 Å². The predicted octanol–water partition coefficient (Wildman–Crippen LogP) is 3.12. The molecular formula is C21H18N6O2S. The van der Waals surface area contributed by atoms with Crippen LogP contribution < -0.4 is 10.6 Å². The Morgan fingerprint density at radius 3 is 2.80 bits per heavy atom. The van der Waals surface area contributed by atoms with Crippen LogP contribution in [0.1, 0.15) is 26.5 Å². The standard InChI is InChI=1S/C21H18N6O2S/c1-27-12-15(10-24-27)21-26-18(13-30-21)20(29)25-16-7-4-5-14(9-16)19(28)23-11-17-6-2-3-8-22-17/h2-10,12-13H,11H2,1H3,(H,23,28)(H,25,29). The van der Waals surface area contributed by atoms with Crippen molar-refractivity contribution in [2.24, 2.45) is 7.05 Å². The highest BCUT2D eigenvalue weighted by Gasteiger charge is 2.14. The van der Waals surface area contributed by atoms with Crippen molar-refractivity contribution in [2.75, 3.05) is 5.32 Å². The molecule has 9 heteroatoms. The summed E-state index contributed by atoms with van der Waals surface area (Å²) in [5.74, 6) is -0.586. The van der Waals surface area contributed by atoms with Gasteiger partial charge in [-0.05, 0) is 30.3 Å². The van der Waals surface area contributed by atoms with Crippen LogP contribution in [0.4, 0.5) is 5.69 Å². The van der Waals surface area contributed by atoms with Crippen molar-refractivity contribution < 1.29 is 9.59 Å². The van der Waals surface area contributed by atoms with Gasteiger partial charge in [-0.2, -0.15) is 5.10 Å². The van der Waals surface area contributed by atoms with Crippen molar-refractivity contribution in [2.45, 2.75) is 6.54 Å². The highest BCUT2D eigenvalue weighted by Crippen LogP contribution is 2.23. The van der Waals surface area contributed by atoms with E-state index in [2.05, 4.69) is 25.7 Å². The topological polar surface area (TPSA) is 102 Å². The van der Waals surface area contributed by atoms with Gasteiger partial charge in [0.15, 0.2) is 0 Å². The van der Waals surface area contributed by atoms with E-state index in [1.54, 1.807) is 46.7 Å². The fourth-order valence-electron chi connectivity index (χ4n) is 2.75. The summed E-state index contributed by atoms with van der Waals surface area (Å²) in [7, 11) is 1.82. The average Bonchev–Trinajstić information content (AvgIpc) is 3.42. The van der Waals surface area contributed by atoms with Gasteiger partial charge in [-0.1, -0.05) is 12.1 Å². The second kappa shape index (κ2) is 8.66. The minimum Gasteiger partial charge on any atom is -0.346 e. The molecule has 0 saturated carbocycles.